The number of hydrogen-bond donors (Lipinski definition) is 0. The average Bonchev–Trinajstić information content (AvgIpc) is 2.96. The predicted octanol–water partition coefficient (Wildman–Crippen LogP) is 2.92. The van der Waals surface area contributed by atoms with E-state index >= 15 is 0 Å². The number of hydrogen-bond acceptors (Lipinski definition) is 3. The fraction of sp³-hybridized carbons (Fsp3) is 0.211. The summed E-state index contributed by atoms with van der Waals surface area (Å²) in [7, 11) is 0. The quantitative estimate of drug-likeness (QED) is 0.556. The first-order chi connectivity index (χ1) is 12.6. The largest absolute Gasteiger partial charge is 0.352 e. The average molecular weight is 369 g/mol. The van der Waals surface area contributed by atoms with Gasteiger partial charge in [0, 0.05) is 11.6 Å². The summed E-state index contributed by atoms with van der Waals surface area (Å²) in [6, 6.07) is 14.6. The maximum atomic E-state index is 13.0. The Balaban J connectivity index is 2.06. The van der Waals surface area contributed by atoms with Gasteiger partial charge in [0.2, 0.25) is 5.78 Å². The Morgan fingerprint density at radius 2 is 1.85 bits per heavy atom. The number of benzene rings is 2. The molecule has 4 rings (SSSR count). The summed E-state index contributed by atoms with van der Waals surface area (Å²) in [5.74, 6) is 0.340. The molecule has 2 aromatic carbocycles. The van der Waals surface area contributed by atoms with E-state index in [-0.39, 0.29) is 11.2 Å². The van der Waals surface area contributed by atoms with Crippen LogP contribution in [-0.4, -0.2) is 18.7 Å². The molecule has 2 heterocycles. The van der Waals surface area contributed by atoms with Crippen molar-refractivity contribution in [2.75, 3.05) is 0 Å². The highest BCUT2D eigenvalue weighted by molar-refractivity contribution is 6.31. The molecule has 2 aromatic heterocycles. The SMILES string of the molecule is CCCn1c(=O)c2ccc(Cl)cc2n2c(=O)n(Cc3ccccc3)nc12. The fourth-order valence-corrected chi connectivity index (χ4v) is 3.34. The maximum absolute atomic E-state index is 13.0. The van der Waals surface area contributed by atoms with Crippen LogP contribution in [0.5, 0.6) is 0 Å². The van der Waals surface area contributed by atoms with Crippen molar-refractivity contribution in [2.24, 2.45) is 0 Å². The summed E-state index contributed by atoms with van der Waals surface area (Å²) < 4.78 is 4.41. The first kappa shape index (κ1) is 16.6. The summed E-state index contributed by atoms with van der Waals surface area (Å²) in [5.41, 5.74) is 0.989. The predicted molar refractivity (Wildman–Crippen MR) is 102 cm³/mol. The Morgan fingerprint density at radius 3 is 2.58 bits per heavy atom. The molecule has 0 N–H and O–H groups in total. The second-order valence-corrected chi connectivity index (χ2v) is 6.62. The zero-order chi connectivity index (χ0) is 18.3. The first-order valence-corrected chi connectivity index (χ1v) is 8.83. The molecular formula is C19H17ClN4O2. The highest BCUT2D eigenvalue weighted by atomic mass is 35.5. The highest BCUT2D eigenvalue weighted by Gasteiger charge is 2.17. The van der Waals surface area contributed by atoms with Gasteiger partial charge >= 0.3 is 5.69 Å². The molecule has 0 unspecified atom stereocenters. The van der Waals surface area contributed by atoms with E-state index in [2.05, 4.69) is 5.10 Å². The third-order valence-electron chi connectivity index (χ3n) is 4.36. The van der Waals surface area contributed by atoms with Gasteiger partial charge in [-0.1, -0.05) is 48.9 Å². The number of rotatable bonds is 4. The molecule has 0 saturated heterocycles. The van der Waals surface area contributed by atoms with Gasteiger partial charge in [0.05, 0.1) is 17.4 Å². The van der Waals surface area contributed by atoms with Gasteiger partial charge < -0.3 is 0 Å². The molecule has 0 spiro atoms. The van der Waals surface area contributed by atoms with Crippen molar-refractivity contribution in [2.45, 2.75) is 26.4 Å². The van der Waals surface area contributed by atoms with Crippen molar-refractivity contribution >= 4 is 28.3 Å². The number of fused-ring (bicyclic) bond motifs is 3. The lowest BCUT2D eigenvalue weighted by Crippen LogP contribution is -2.26. The van der Waals surface area contributed by atoms with E-state index in [4.69, 9.17) is 11.6 Å². The van der Waals surface area contributed by atoms with Crippen LogP contribution in [0.25, 0.3) is 16.7 Å². The second-order valence-electron chi connectivity index (χ2n) is 6.18. The Bertz CT molecular complexity index is 1220. The summed E-state index contributed by atoms with van der Waals surface area (Å²) in [6.45, 7) is 2.81. The van der Waals surface area contributed by atoms with Crippen LogP contribution in [0.1, 0.15) is 18.9 Å². The van der Waals surface area contributed by atoms with E-state index in [1.54, 1.807) is 22.8 Å². The first-order valence-electron chi connectivity index (χ1n) is 8.45. The van der Waals surface area contributed by atoms with Crippen LogP contribution in [0.2, 0.25) is 5.02 Å². The van der Waals surface area contributed by atoms with Gasteiger partial charge in [-0.05, 0) is 30.2 Å². The van der Waals surface area contributed by atoms with E-state index in [0.29, 0.717) is 34.8 Å². The molecule has 0 atom stereocenters. The third kappa shape index (κ3) is 2.63. The summed E-state index contributed by atoms with van der Waals surface area (Å²) in [5, 5.41) is 5.38. The van der Waals surface area contributed by atoms with E-state index in [0.717, 1.165) is 12.0 Å². The summed E-state index contributed by atoms with van der Waals surface area (Å²) in [6.07, 6.45) is 0.758. The Hall–Kier alpha value is -2.86. The van der Waals surface area contributed by atoms with E-state index in [9.17, 15) is 9.59 Å². The number of aryl methyl sites for hydroxylation is 1. The van der Waals surface area contributed by atoms with Crippen LogP contribution < -0.4 is 11.2 Å². The molecule has 0 amide bonds. The van der Waals surface area contributed by atoms with Crippen molar-refractivity contribution in [1.29, 1.82) is 0 Å². The van der Waals surface area contributed by atoms with Crippen molar-refractivity contribution < 1.29 is 0 Å². The lowest BCUT2D eigenvalue weighted by atomic mass is 10.2. The molecule has 26 heavy (non-hydrogen) atoms. The highest BCUT2D eigenvalue weighted by Crippen LogP contribution is 2.17. The molecular weight excluding hydrogens is 352 g/mol. The normalized spacial score (nSPS) is 11.5. The molecule has 0 aliphatic heterocycles. The topological polar surface area (TPSA) is 61.3 Å². The van der Waals surface area contributed by atoms with Gasteiger partial charge in [-0.15, -0.1) is 5.10 Å². The fourth-order valence-electron chi connectivity index (χ4n) is 3.17. The molecule has 0 fully saturated rings. The van der Waals surface area contributed by atoms with Crippen LogP contribution in [0, 0.1) is 0 Å². The van der Waals surface area contributed by atoms with Gasteiger partial charge in [-0.3, -0.25) is 9.36 Å². The van der Waals surface area contributed by atoms with Crippen LogP contribution in [0.4, 0.5) is 0 Å². The minimum absolute atomic E-state index is 0.164. The van der Waals surface area contributed by atoms with Crippen LogP contribution in [0.3, 0.4) is 0 Å². The third-order valence-corrected chi connectivity index (χ3v) is 4.60. The molecule has 0 aliphatic rings. The molecule has 0 saturated carbocycles. The van der Waals surface area contributed by atoms with Gasteiger partial charge in [0.15, 0.2) is 0 Å². The van der Waals surface area contributed by atoms with Crippen molar-refractivity contribution in [3.8, 4) is 0 Å². The second kappa shape index (κ2) is 6.46. The zero-order valence-corrected chi connectivity index (χ0v) is 15.0. The van der Waals surface area contributed by atoms with Crippen molar-refractivity contribution in [3.63, 3.8) is 0 Å². The standard InChI is InChI=1S/C19H17ClN4O2/c1-2-10-22-17(25)15-9-8-14(20)11-16(15)24-18(22)21-23(19(24)26)12-13-6-4-3-5-7-13/h3-9,11H,2,10,12H2,1H3. The number of nitrogens with zero attached hydrogens (tertiary/aromatic N) is 4. The van der Waals surface area contributed by atoms with Gasteiger partial charge in [0.1, 0.15) is 0 Å². The molecule has 0 radical (unpaired) electrons. The van der Waals surface area contributed by atoms with E-state index in [1.165, 1.54) is 9.08 Å². The molecule has 132 valence electrons. The molecule has 4 aromatic rings. The monoisotopic (exact) mass is 368 g/mol. The van der Waals surface area contributed by atoms with Gasteiger partial charge in [0.25, 0.3) is 5.56 Å². The summed E-state index contributed by atoms with van der Waals surface area (Å²) in [4.78, 5) is 25.9. The molecule has 6 nitrogen and oxygen atoms in total. The van der Waals surface area contributed by atoms with Crippen molar-refractivity contribution in [1.82, 2.24) is 18.7 Å². The number of aromatic nitrogens is 4. The minimum Gasteiger partial charge on any atom is -0.276 e. The summed E-state index contributed by atoms with van der Waals surface area (Å²) >= 11 is 6.11. The van der Waals surface area contributed by atoms with Crippen LogP contribution >= 0.6 is 11.6 Å². The zero-order valence-electron chi connectivity index (χ0n) is 14.2. The lowest BCUT2D eigenvalue weighted by molar-refractivity contribution is 0.639. The van der Waals surface area contributed by atoms with Gasteiger partial charge in [-0.2, -0.15) is 0 Å². The Kier molecular flexibility index (Phi) is 4.12. The lowest BCUT2D eigenvalue weighted by Gasteiger charge is -2.08. The molecule has 0 aliphatic carbocycles. The van der Waals surface area contributed by atoms with E-state index in [1.807, 2.05) is 37.3 Å². The minimum atomic E-state index is -0.291. The molecule has 7 heteroatoms. The smallest absolute Gasteiger partial charge is 0.276 e. The van der Waals surface area contributed by atoms with Crippen molar-refractivity contribution in [3.05, 3.63) is 80.0 Å². The van der Waals surface area contributed by atoms with Gasteiger partial charge in [-0.25, -0.2) is 13.9 Å². The number of halogens is 1. The Labute approximate surface area is 153 Å². The molecule has 0 bridgehead atoms. The van der Waals surface area contributed by atoms with Crippen LogP contribution in [0.15, 0.2) is 58.1 Å². The van der Waals surface area contributed by atoms with E-state index < -0.39 is 0 Å². The maximum Gasteiger partial charge on any atom is 0.352 e. The van der Waals surface area contributed by atoms with Crippen LogP contribution in [-0.2, 0) is 13.1 Å². The Morgan fingerprint density at radius 1 is 1.08 bits per heavy atom.